The van der Waals surface area contributed by atoms with Crippen molar-refractivity contribution in [1.29, 1.82) is 0 Å². The van der Waals surface area contributed by atoms with Crippen LogP contribution < -0.4 is 0 Å². The number of carboxylic acids is 1. The molecule has 4 heteroatoms. The zero-order valence-corrected chi connectivity index (χ0v) is 14.7. The number of hydrogen-bond donors (Lipinski definition) is 3. The van der Waals surface area contributed by atoms with Crippen molar-refractivity contribution >= 4 is 5.97 Å². The van der Waals surface area contributed by atoms with Gasteiger partial charge in [-0.05, 0) is 44.9 Å². The van der Waals surface area contributed by atoms with Crippen LogP contribution in [0.5, 0.6) is 0 Å². The average Bonchev–Trinajstić information content (AvgIpc) is 2.55. The summed E-state index contributed by atoms with van der Waals surface area (Å²) < 4.78 is 0. The Morgan fingerprint density at radius 3 is 1.88 bits per heavy atom. The van der Waals surface area contributed by atoms with E-state index in [0.717, 1.165) is 25.7 Å². The number of hydrogen-bond acceptors (Lipinski definition) is 3. The monoisotopic (exact) mass is 336 g/mol. The van der Waals surface area contributed by atoms with Gasteiger partial charge >= 0.3 is 5.97 Å². The Morgan fingerprint density at radius 2 is 1.33 bits per heavy atom. The van der Waals surface area contributed by atoms with E-state index in [1.807, 2.05) is 49.5 Å². The van der Waals surface area contributed by atoms with E-state index in [9.17, 15) is 15.0 Å². The third-order valence-corrected chi connectivity index (χ3v) is 3.41. The van der Waals surface area contributed by atoms with Crippen LogP contribution >= 0.6 is 0 Å². The molecule has 4 nitrogen and oxygen atoms in total. The highest BCUT2D eigenvalue weighted by molar-refractivity contribution is 5.66. The van der Waals surface area contributed by atoms with Crippen molar-refractivity contribution in [3.63, 3.8) is 0 Å². The minimum absolute atomic E-state index is 0.223. The lowest BCUT2D eigenvalue weighted by Gasteiger charge is -2.14. The Labute approximate surface area is 145 Å². The fourth-order valence-electron chi connectivity index (χ4n) is 1.98. The smallest absolute Gasteiger partial charge is 0.303 e. The van der Waals surface area contributed by atoms with Crippen molar-refractivity contribution in [2.24, 2.45) is 0 Å². The van der Waals surface area contributed by atoms with Crippen LogP contribution in [-0.2, 0) is 4.79 Å². The van der Waals surface area contributed by atoms with Gasteiger partial charge in [-0.15, -0.1) is 0 Å². The number of carbonyl (C=O) groups is 1. The van der Waals surface area contributed by atoms with Crippen LogP contribution in [0, 0.1) is 0 Å². The third kappa shape index (κ3) is 15.3. The summed E-state index contributed by atoms with van der Waals surface area (Å²) in [7, 11) is 0. The summed E-state index contributed by atoms with van der Waals surface area (Å²) >= 11 is 0. The van der Waals surface area contributed by atoms with Gasteiger partial charge in [0, 0.05) is 6.42 Å². The molecular formula is C20H32O4. The highest BCUT2D eigenvalue weighted by Gasteiger charge is 2.12. The van der Waals surface area contributed by atoms with E-state index in [1.54, 1.807) is 0 Å². The van der Waals surface area contributed by atoms with Gasteiger partial charge in [0.2, 0.25) is 0 Å². The lowest BCUT2D eigenvalue weighted by atomic mass is 10.1. The SMILES string of the molecule is CC/C=C/CC(O)C(O)C/C=C/C/C=C/C/C=C/CCCC(=O)O. The zero-order valence-electron chi connectivity index (χ0n) is 14.7. The minimum atomic E-state index is -0.745. The first-order chi connectivity index (χ1) is 11.6. The fraction of sp³-hybridized carbons (Fsp3) is 0.550. The van der Waals surface area contributed by atoms with Gasteiger partial charge in [0.05, 0.1) is 12.2 Å². The highest BCUT2D eigenvalue weighted by atomic mass is 16.4. The normalized spacial score (nSPS) is 15.1. The van der Waals surface area contributed by atoms with Crippen molar-refractivity contribution in [3.05, 3.63) is 48.6 Å². The molecule has 2 atom stereocenters. The van der Waals surface area contributed by atoms with Crippen LogP contribution in [0.3, 0.4) is 0 Å². The predicted octanol–water partition coefficient (Wildman–Crippen LogP) is 4.16. The minimum Gasteiger partial charge on any atom is -0.481 e. The number of allylic oxidation sites excluding steroid dienone is 6. The topological polar surface area (TPSA) is 77.8 Å². The first-order valence-electron chi connectivity index (χ1n) is 8.75. The fourth-order valence-corrected chi connectivity index (χ4v) is 1.98. The molecular weight excluding hydrogens is 304 g/mol. The standard InChI is InChI=1S/C20H32O4/c1-2-3-12-15-18(21)19(22)16-13-10-8-6-4-5-7-9-11-14-17-20(23)24/h3-4,6-7,9-10,12-13,18-19,21-22H,2,5,8,11,14-17H2,1H3,(H,23,24)/b6-4+,9-7+,12-3+,13-10+. The second-order valence-corrected chi connectivity index (χ2v) is 5.66. The zero-order chi connectivity index (χ0) is 18.0. The maximum atomic E-state index is 10.3. The summed E-state index contributed by atoms with van der Waals surface area (Å²) in [5.41, 5.74) is 0. The summed E-state index contributed by atoms with van der Waals surface area (Å²) in [6.45, 7) is 2.03. The summed E-state index contributed by atoms with van der Waals surface area (Å²) in [4.78, 5) is 10.3. The van der Waals surface area contributed by atoms with E-state index in [-0.39, 0.29) is 6.42 Å². The van der Waals surface area contributed by atoms with Crippen molar-refractivity contribution in [2.75, 3.05) is 0 Å². The highest BCUT2D eigenvalue weighted by Crippen LogP contribution is 2.06. The molecule has 0 spiro atoms. The first kappa shape index (κ1) is 22.4. The molecule has 0 aromatic rings. The van der Waals surface area contributed by atoms with Crippen LogP contribution in [0.2, 0.25) is 0 Å². The molecule has 0 bridgehead atoms. The molecule has 24 heavy (non-hydrogen) atoms. The van der Waals surface area contributed by atoms with Gasteiger partial charge in [-0.2, -0.15) is 0 Å². The number of unbranched alkanes of at least 4 members (excludes halogenated alkanes) is 1. The molecule has 136 valence electrons. The van der Waals surface area contributed by atoms with E-state index in [1.165, 1.54) is 0 Å². The molecule has 0 aliphatic rings. The summed E-state index contributed by atoms with van der Waals surface area (Å²) in [5.74, 6) is -0.745. The molecule has 0 aliphatic heterocycles. The third-order valence-electron chi connectivity index (χ3n) is 3.41. The maximum absolute atomic E-state index is 10.3. The van der Waals surface area contributed by atoms with Crippen LogP contribution in [0.25, 0.3) is 0 Å². The number of aliphatic carboxylic acids is 1. The van der Waals surface area contributed by atoms with Gasteiger partial charge in [-0.25, -0.2) is 0 Å². The van der Waals surface area contributed by atoms with Gasteiger partial charge in [-0.3, -0.25) is 4.79 Å². The van der Waals surface area contributed by atoms with Crippen molar-refractivity contribution in [1.82, 2.24) is 0 Å². The van der Waals surface area contributed by atoms with Crippen LogP contribution in [0.15, 0.2) is 48.6 Å². The molecule has 2 unspecified atom stereocenters. The van der Waals surface area contributed by atoms with Gasteiger partial charge in [0.1, 0.15) is 0 Å². The van der Waals surface area contributed by atoms with E-state index in [4.69, 9.17) is 5.11 Å². The quantitative estimate of drug-likeness (QED) is 0.329. The molecule has 0 radical (unpaired) electrons. The first-order valence-corrected chi connectivity index (χ1v) is 8.75. The Bertz CT molecular complexity index is 421. The predicted molar refractivity (Wildman–Crippen MR) is 98.8 cm³/mol. The molecule has 0 saturated heterocycles. The van der Waals surface area contributed by atoms with Gasteiger partial charge < -0.3 is 15.3 Å². The van der Waals surface area contributed by atoms with E-state index < -0.39 is 18.2 Å². The van der Waals surface area contributed by atoms with Crippen molar-refractivity contribution in [2.45, 2.75) is 70.5 Å². The Kier molecular flexibility index (Phi) is 15.1. The molecule has 0 fully saturated rings. The van der Waals surface area contributed by atoms with Crippen LogP contribution in [-0.4, -0.2) is 33.5 Å². The molecule has 0 saturated carbocycles. The second kappa shape index (κ2) is 16.2. The van der Waals surface area contributed by atoms with E-state index >= 15 is 0 Å². The van der Waals surface area contributed by atoms with E-state index in [2.05, 4.69) is 6.08 Å². The summed E-state index contributed by atoms with van der Waals surface area (Å²) in [6.07, 6.45) is 19.7. The number of aliphatic hydroxyl groups is 2. The van der Waals surface area contributed by atoms with Crippen molar-refractivity contribution < 1.29 is 20.1 Å². The lowest BCUT2D eigenvalue weighted by molar-refractivity contribution is -0.137. The molecule has 0 aromatic heterocycles. The number of carboxylic acid groups (broad SMARTS) is 1. The Balaban J connectivity index is 3.68. The van der Waals surface area contributed by atoms with Crippen LogP contribution in [0.4, 0.5) is 0 Å². The second-order valence-electron chi connectivity index (χ2n) is 5.66. The van der Waals surface area contributed by atoms with Crippen LogP contribution in [0.1, 0.15) is 58.3 Å². The molecule has 0 aliphatic carbocycles. The summed E-state index contributed by atoms with van der Waals surface area (Å²) in [6, 6.07) is 0. The number of rotatable bonds is 14. The Hall–Kier alpha value is -1.65. The summed E-state index contributed by atoms with van der Waals surface area (Å²) in [5, 5.41) is 28.0. The lowest BCUT2D eigenvalue weighted by Crippen LogP contribution is -2.24. The molecule has 0 heterocycles. The largest absolute Gasteiger partial charge is 0.481 e. The molecule has 0 aromatic carbocycles. The van der Waals surface area contributed by atoms with Gasteiger partial charge in [0.25, 0.3) is 0 Å². The van der Waals surface area contributed by atoms with E-state index in [0.29, 0.717) is 19.3 Å². The molecule has 0 amide bonds. The molecule has 3 N–H and O–H groups in total. The van der Waals surface area contributed by atoms with Gasteiger partial charge in [-0.1, -0.05) is 55.5 Å². The average molecular weight is 336 g/mol. The van der Waals surface area contributed by atoms with Gasteiger partial charge in [0.15, 0.2) is 0 Å². The molecule has 0 rings (SSSR count). The maximum Gasteiger partial charge on any atom is 0.303 e. The Morgan fingerprint density at radius 1 is 0.833 bits per heavy atom. The number of aliphatic hydroxyl groups excluding tert-OH is 2. The van der Waals surface area contributed by atoms with Crippen molar-refractivity contribution in [3.8, 4) is 0 Å².